The van der Waals surface area contributed by atoms with E-state index < -0.39 is 22.7 Å². The summed E-state index contributed by atoms with van der Waals surface area (Å²) in [4.78, 5) is 2.48. The maximum Gasteiger partial charge on any atom is 0.406 e. The number of benzene rings is 2. The van der Waals surface area contributed by atoms with E-state index in [1.54, 1.807) is 37.4 Å². The van der Waals surface area contributed by atoms with Crippen molar-refractivity contribution in [2.24, 2.45) is 0 Å². The molecule has 0 bridgehead atoms. The summed E-state index contributed by atoms with van der Waals surface area (Å²) < 4.78 is 72.9. The highest BCUT2D eigenvalue weighted by Gasteiger charge is 2.30. The minimum Gasteiger partial charge on any atom is -0.383 e. The molecule has 1 fully saturated rings. The van der Waals surface area contributed by atoms with E-state index >= 15 is 0 Å². The maximum atomic E-state index is 13.5. The van der Waals surface area contributed by atoms with E-state index in [4.69, 9.17) is 4.74 Å². The number of sulfonamides is 1. The van der Waals surface area contributed by atoms with Gasteiger partial charge in [-0.3, -0.25) is 0 Å². The molecule has 40 heavy (non-hydrogen) atoms. The number of ether oxygens (including phenoxy) is 1. The SMILES string of the molecule is CNS(=O)(=O)c1ccc(NCC#Cc2cc3c(NC4CCN(CCOC)CC4)cccc3n2CC(F)(F)F)cc1. The van der Waals surface area contributed by atoms with Gasteiger partial charge < -0.3 is 24.8 Å². The summed E-state index contributed by atoms with van der Waals surface area (Å²) in [6.45, 7) is 2.47. The van der Waals surface area contributed by atoms with Gasteiger partial charge in [-0.15, -0.1) is 0 Å². The molecule has 0 aliphatic carbocycles. The Bertz CT molecular complexity index is 1450. The molecule has 1 aliphatic rings. The number of fused-ring (bicyclic) bond motifs is 1. The van der Waals surface area contributed by atoms with Gasteiger partial charge in [0.25, 0.3) is 0 Å². The number of piperidine rings is 1. The van der Waals surface area contributed by atoms with Crippen molar-refractivity contribution in [3.63, 3.8) is 0 Å². The lowest BCUT2D eigenvalue weighted by atomic mass is 10.0. The molecule has 3 N–H and O–H groups in total. The quantitative estimate of drug-likeness (QED) is 0.315. The lowest BCUT2D eigenvalue weighted by Crippen LogP contribution is -2.40. The zero-order valence-electron chi connectivity index (χ0n) is 22.5. The number of halogens is 3. The van der Waals surface area contributed by atoms with Crippen molar-refractivity contribution in [3.05, 3.63) is 54.2 Å². The largest absolute Gasteiger partial charge is 0.406 e. The van der Waals surface area contributed by atoms with E-state index in [0.29, 0.717) is 23.2 Å². The highest BCUT2D eigenvalue weighted by atomic mass is 32.2. The molecule has 8 nitrogen and oxygen atoms in total. The molecule has 0 amide bonds. The molecule has 1 aromatic heterocycles. The number of rotatable bonds is 10. The molecule has 2 aromatic carbocycles. The molecule has 4 rings (SSSR count). The number of hydrogen-bond acceptors (Lipinski definition) is 6. The Hall–Kier alpha value is -3.24. The first-order valence-electron chi connectivity index (χ1n) is 13.0. The molecule has 12 heteroatoms. The first-order chi connectivity index (χ1) is 19.1. The van der Waals surface area contributed by atoms with Gasteiger partial charge >= 0.3 is 6.18 Å². The van der Waals surface area contributed by atoms with Crippen LogP contribution in [0.25, 0.3) is 10.9 Å². The fourth-order valence-corrected chi connectivity index (χ4v) is 5.49. The molecule has 1 saturated heterocycles. The number of alkyl halides is 3. The molecule has 0 unspecified atom stereocenters. The summed E-state index contributed by atoms with van der Waals surface area (Å²) in [5.41, 5.74) is 2.18. The summed E-state index contributed by atoms with van der Waals surface area (Å²) in [5, 5.41) is 7.30. The molecule has 1 aliphatic heterocycles. The number of nitrogens with zero attached hydrogens (tertiary/aromatic N) is 2. The number of nitrogens with one attached hydrogen (secondary N) is 3. The first kappa shape index (κ1) is 29.7. The van der Waals surface area contributed by atoms with Gasteiger partial charge in [0.05, 0.1) is 29.3 Å². The van der Waals surface area contributed by atoms with Crippen LogP contribution in [0.5, 0.6) is 0 Å². The minimum atomic E-state index is -4.41. The predicted molar refractivity (Wildman–Crippen MR) is 151 cm³/mol. The third kappa shape index (κ3) is 7.69. The van der Waals surface area contributed by atoms with E-state index in [9.17, 15) is 21.6 Å². The van der Waals surface area contributed by atoms with Crippen molar-refractivity contribution in [2.45, 2.75) is 36.5 Å². The molecule has 3 aromatic rings. The van der Waals surface area contributed by atoms with Crippen LogP contribution in [0.15, 0.2) is 53.4 Å². The van der Waals surface area contributed by atoms with Crippen LogP contribution in [-0.2, 0) is 21.3 Å². The van der Waals surface area contributed by atoms with Gasteiger partial charge in [-0.05, 0) is 68.3 Å². The fourth-order valence-electron chi connectivity index (χ4n) is 4.76. The number of aromatic nitrogens is 1. The Labute approximate surface area is 232 Å². The van der Waals surface area contributed by atoms with E-state index in [1.807, 2.05) is 6.07 Å². The second-order valence-corrected chi connectivity index (χ2v) is 11.5. The normalized spacial score (nSPS) is 15.1. The highest BCUT2D eigenvalue weighted by Crippen LogP contribution is 2.31. The topological polar surface area (TPSA) is 87.6 Å². The van der Waals surface area contributed by atoms with Crippen molar-refractivity contribution in [3.8, 4) is 11.8 Å². The molecule has 2 heterocycles. The molecular formula is C28H34F3N5O3S. The monoisotopic (exact) mass is 577 g/mol. The van der Waals surface area contributed by atoms with E-state index in [2.05, 4.69) is 32.1 Å². The Balaban J connectivity index is 1.50. The van der Waals surface area contributed by atoms with E-state index in [1.165, 1.54) is 23.7 Å². The van der Waals surface area contributed by atoms with Gasteiger partial charge in [0, 0.05) is 49.5 Å². The molecule has 0 saturated carbocycles. The molecule has 0 spiro atoms. The Morgan fingerprint density at radius 2 is 1.82 bits per heavy atom. The third-order valence-electron chi connectivity index (χ3n) is 6.87. The number of likely N-dealkylation sites (tertiary alicyclic amines) is 1. The molecule has 216 valence electrons. The number of hydrogen-bond donors (Lipinski definition) is 3. The Morgan fingerprint density at radius 3 is 2.48 bits per heavy atom. The summed E-state index contributed by atoms with van der Waals surface area (Å²) in [5.74, 6) is 5.79. The summed E-state index contributed by atoms with van der Waals surface area (Å²) >= 11 is 0. The van der Waals surface area contributed by atoms with Gasteiger partial charge in [-0.25, -0.2) is 13.1 Å². The van der Waals surface area contributed by atoms with Crippen LogP contribution < -0.4 is 15.4 Å². The summed E-state index contributed by atoms with van der Waals surface area (Å²) in [7, 11) is -0.515. The predicted octanol–water partition coefficient (Wildman–Crippen LogP) is 4.10. The van der Waals surface area contributed by atoms with E-state index in [-0.39, 0.29) is 23.2 Å². The number of anilines is 2. The minimum absolute atomic E-state index is 0.129. The average molecular weight is 578 g/mol. The van der Waals surface area contributed by atoms with Gasteiger partial charge in [0.2, 0.25) is 10.0 Å². The zero-order valence-corrected chi connectivity index (χ0v) is 23.3. The van der Waals surface area contributed by atoms with Crippen LogP contribution in [0, 0.1) is 11.8 Å². The molecular weight excluding hydrogens is 543 g/mol. The van der Waals surface area contributed by atoms with Crippen LogP contribution in [0.3, 0.4) is 0 Å². The zero-order chi connectivity index (χ0) is 28.8. The molecule has 0 atom stereocenters. The Morgan fingerprint density at radius 1 is 1.10 bits per heavy atom. The van der Waals surface area contributed by atoms with Crippen LogP contribution >= 0.6 is 0 Å². The summed E-state index contributed by atoms with van der Waals surface area (Å²) in [6, 6.07) is 13.4. The number of methoxy groups -OCH3 is 1. The lowest BCUT2D eigenvalue weighted by molar-refractivity contribution is -0.140. The van der Waals surface area contributed by atoms with E-state index in [0.717, 1.165) is 38.2 Å². The van der Waals surface area contributed by atoms with Crippen molar-refractivity contribution in [1.82, 2.24) is 14.2 Å². The van der Waals surface area contributed by atoms with Crippen molar-refractivity contribution in [2.75, 3.05) is 57.6 Å². The first-order valence-corrected chi connectivity index (χ1v) is 14.5. The second-order valence-electron chi connectivity index (χ2n) is 9.61. The smallest absolute Gasteiger partial charge is 0.383 e. The lowest BCUT2D eigenvalue weighted by Gasteiger charge is -2.32. The fraction of sp³-hybridized carbons (Fsp3) is 0.429. The standard InChI is InChI=1S/C28H34F3N5O3S/c1-32-40(37,38)24-10-8-21(9-11-24)33-14-4-5-23-19-25-26(6-3-7-27(25)36(23)20-28(29,30)31)34-22-12-15-35(16-13-22)17-18-39-2/h3,6-11,19,22,32-34H,12-18,20H2,1-2H3. The van der Waals surface area contributed by atoms with Gasteiger partial charge in [0.15, 0.2) is 0 Å². The second kappa shape index (κ2) is 13.0. The summed E-state index contributed by atoms with van der Waals surface area (Å²) in [6.07, 6.45) is -2.54. The van der Waals surface area contributed by atoms with Crippen molar-refractivity contribution < 1.29 is 26.3 Å². The van der Waals surface area contributed by atoms with Crippen LogP contribution in [0.2, 0.25) is 0 Å². The van der Waals surface area contributed by atoms with Crippen LogP contribution in [0.4, 0.5) is 24.5 Å². The van der Waals surface area contributed by atoms with Gasteiger partial charge in [-0.1, -0.05) is 12.0 Å². The maximum absolute atomic E-state index is 13.5. The van der Waals surface area contributed by atoms with Crippen LogP contribution in [0.1, 0.15) is 18.5 Å². The van der Waals surface area contributed by atoms with Crippen molar-refractivity contribution >= 4 is 32.3 Å². The van der Waals surface area contributed by atoms with Gasteiger partial charge in [0.1, 0.15) is 6.54 Å². The van der Waals surface area contributed by atoms with Gasteiger partial charge in [-0.2, -0.15) is 13.2 Å². The van der Waals surface area contributed by atoms with Crippen LogP contribution in [-0.4, -0.2) is 77.0 Å². The highest BCUT2D eigenvalue weighted by molar-refractivity contribution is 7.89. The molecule has 0 radical (unpaired) electrons. The average Bonchev–Trinajstić information content (AvgIpc) is 3.27. The Kier molecular flexibility index (Phi) is 9.63. The van der Waals surface area contributed by atoms with Crippen molar-refractivity contribution in [1.29, 1.82) is 0 Å². The third-order valence-corrected chi connectivity index (χ3v) is 8.30.